The highest BCUT2D eigenvalue weighted by molar-refractivity contribution is 7.99. The van der Waals surface area contributed by atoms with Crippen LogP contribution in [0.4, 0.5) is 4.39 Å². The fourth-order valence-corrected chi connectivity index (χ4v) is 2.95. The first kappa shape index (κ1) is 14.3. The number of hydrogen-bond acceptors (Lipinski definition) is 4. The average molecular weight is 308 g/mol. The minimum Gasteiger partial charge on any atom is -0.310 e. The van der Waals surface area contributed by atoms with E-state index in [1.165, 1.54) is 17.4 Å². The molecule has 1 aliphatic carbocycles. The molecule has 0 unspecified atom stereocenters. The molecule has 0 saturated heterocycles. The van der Waals surface area contributed by atoms with Crippen molar-refractivity contribution < 1.29 is 4.39 Å². The van der Waals surface area contributed by atoms with Crippen molar-refractivity contribution in [2.45, 2.75) is 48.9 Å². The van der Waals surface area contributed by atoms with Crippen LogP contribution >= 0.6 is 11.8 Å². The predicted molar refractivity (Wildman–Crippen MR) is 78.9 cm³/mol. The molecule has 0 spiro atoms. The number of aromatic nitrogens is 3. The van der Waals surface area contributed by atoms with Gasteiger partial charge in [0.25, 0.3) is 0 Å². The van der Waals surface area contributed by atoms with Crippen molar-refractivity contribution in [2.75, 3.05) is 0 Å². The number of nitrogens with zero attached hydrogens (tertiary/aromatic N) is 2. The second-order valence-electron chi connectivity index (χ2n) is 5.08. The van der Waals surface area contributed by atoms with Gasteiger partial charge in [-0.1, -0.05) is 6.07 Å². The van der Waals surface area contributed by atoms with Crippen molar-refractivity contribution in [3.8, 4) is 0 Å². The molecule has 1 heterocycles. The molecular formula is C14H17FN4OS. The van der Waals surface area contributed by atoms with Crippen molar-refractivity contribution in [1.82, 2.24) is 20.1 Å². The highest BCUT2D eigenvalue weighted by Crippen LogP contribution is 2.28. The van der Waals surface area contributed by atoms with Gasteiger partial charge >= 0.3 is 5.69 Å². The van der Waals surface area contributed by atoms with Crippen molar-refractivity contribution in [1.29, 1.82) is 0 Å². The number of halogens is 1. The van der Waals surface area contributed by atoms with Crippen molar-refractivity contribution >= 4 is 11.8 Å². The van der Waals surface area contributed by atoms with E-state index in [0.29, 0.717) is 29.2 Å². The molecule has 1 fully saturated rings. The maximum absolute atomic E-state index is 14.1. The Kier molecular flexibility index (Phi) is 4.12. The van der Waals surface area contributed by atoms with Gasteiger partial charge in [0, 0.05) is 19.1 Å². The number of nitrogens with one attached hydrogen (secondary N) is 2. The van der Waals surface area contributed by atoms with Crippen LogP contribution in [-0.4, -0.2) is 20.8 Å². The first-order valence-electron chi connectivity index (χ1n) is 7.02. The molecular weight excluding hydrogens is 291 g/mol. The Morgan fingerprint density at radius 2 is 2.33 bits per heavy atom. The Morgan fingerprint density at radius 3 is 3.00 bits per heavy atom. The molecule has 2 N–H and O–H groups in total. The van der Waals surface area contributed by atoms with Crippen molar-refractivity contribution in [3.05, 3.63) is 40.1 Å². The summed E-state index contributed by atoms with van der Waals surface area (Å²) in [6.45, 7) is 3.04. The van der Waals surface area contributed by atoms with Crippen LogP contribution in [0, 0.1) is 5.82 Å². The normalized spacial score (nSPS) is 14.6. The van der Waals surface area contributed by atoms with Gasteiger partial charge in [-0.3, -0.25) is 4.57 Å². The lowest BCUT2D eigenvalue weighted by atomic mass is 10.2. The van der Waals surface area contributed by atoms with Gasteiger partial charge in [-0.05, 0) is 49.2 Å². The number of hydrogen-bond donors (Lipinski definition) is 2. The third-order valence-corrected chi connectivity index (χ3v) is 4.45. The van der Waals surface area contributed by atoms with E-state index >= 15 is 0 Å². The number of rotatable bonds is 6. The quantitative estimate of drug-likeness (QED) is 0.858. The van der Waals surface area contributed by atoms with Gasteiger partial charge in [0.2, 0.25) is 0 Å². The summed E-state index contributed by atoms with van der Waals surface area (Å²) in [7, 11) is 0. The minimum atomic E-state index is -0.284. The molecule has 0 atom stereocenters. The molecule has 3 rings (SSSR count). The van der Waals surface area contributed by atoms with Gasteiger partial charge in [-0.2, -0.15) is 0 Å². The lowest BCUT2D eigenvalue weighted by molar-refractivity contribution is 0.593. The van der Waals surface area contributed by atoms with Gasteiger partial charge in [0.1, 0.15) is 5.82 Å². The first-order chi connectivity index (χ1) is 10.2. The third-order valence-electron chi connectivity index (χ3n) is 3.41. The number of H-pyrrole nitrogens is 1. The molecule has 0 aliphatic heterocycles. The lowest BCUT2D eigenvalue weighted by Crippen LogP contribution is -2.16. The van der Waals surface area contributed by atoms with E-state index < -0.39 is 0 Å². The van der Waals surface area contributed by atoms with Crippen LogP contribution in [0.1, 0.15) is 25.3 Å². The SMILES string of the molecule is CCn1c(Sc2ccc(CNC3CC3)cc2F)n[nH]c1=O. The lowest BCUT2D eigenvalue weighted by Gasteiger charge is -2.07. The summed E-state index contributed by atoms with van der Waals surface area (Å²) in [5, 5.41) is 10.1. The molecule has 21 heavy (non-hydrogen) atoms. The zero-order valence-corrected chi connectivity index (χ0v) is 12.5. The summed E-state index contributed by atoms with van der Waals surface area (Å²) in [4.78, 5) is 12.0. The van der Waals surface area contributed by atoms with E-state index in [4.69, 9.17) is 0 Å². The summed E-state index contributed by atoms with van der Waals surface area (Å²) < 4.78 is 15.6. The minimum absolute atomic E-state index is 0.273. The largest absolute Gasteiger partial charge is 0.343 e. The van der Waals surface area contributed by atoms with Gasteiger partial charge in [-0.15, -0.1) is 5.10 Å². The van der Waals surface area contributed by atoms with E-state index in [2.05, 4.69) is 15.5 Å². The molecule has 2 aromatic rings. The fraction of sp³-hybridized carbons (Fsp3) is 0.429. The van der Waals surface area contributed by atoms with Crippen LogP contribution in [0.25, 0.3) is 0 Å². The maximum Gasteiger partial charge on any atom is 0.343 e. The van der Waals surface area contributed by atoms with Crippen LogP contribution in [0.15, 0.2) is 33.0 Å². The molecule has 1 aromatic heterocycles. The standard InChI is InChI=1S/C14H17FN4OS/c1-2-19-13(20)17-18-14(19)21-12-6-3-9(7-11(12)15)8-16-10-4-5-10/h3,6-7,10,16H,2,4-5,8H2,1H3,(H,17,20). The molecule has 1 aliphatic rings. The van der Waals surface area contributed by atoms with E-state index in [-0.39, 0.29) is 11.5 Å². The summed E-state index contributed by atoms with van der Waals surface area (Å²) in [6.07, 6.45) is 2.42. The number of benzene rings is 1. The molecule has 1 saturated carbocycles. The zero-order valence-electron chi connectivity index (χ0n) is 11.7. The van der Waals surface area contributed by atoms with E-state index in [1.54, 1.807) is 12.1 Å². The summed E-state index contributed by atoms with van der Waals surface area (Å²) in [6, 6.07) is 5.79. The van der Waals surface area contributed by atoms with Crippen molar-refractivity contribution in [2.24, 2.45) is 0 Å². The van der Waals surface area contributed by atoms with E-state index in [9.17, 15) is 9.18 Å². The highest BCUT2D eigenvalue weighted by Gasteiger charge is 2.20. The van der Waals surface area contributed by atoms with Crippen LogP contribution in [0.5, 0.6) is 0 Å². The highest BCUT2D eigenvalue weighted by atomic mass is 32.2. The van der Waals surface area contributed by atoms with Crippen LogP contribution in [0.2, 0.25) is 0 Å². The first-order valence-corrected chi connectivity index (χ1v) is 7.84. The average Bonchev–Trinajstić information content (AvgIpc) is 3.23. The van der Waals surface area contributed by atoms with Gasteiger partial charge < -0.3 is 5.32 Å². The fourth-order valence-electron chi connectivity index (χ4n) is 2.05. The summed E-state index contributed by atoms with van der Waals surface area (Å²) in [5.41, 5.74) is 0.657. The Labute approximate surface area is 125 Å². The summed E-state index contributed by atoms with van der Waals surface area (Å²) in [5.74, 6) is -0.284. The summed E-state index contributed by atoms with van der Waals surface area (Å²) >= 11 is 1.16. The maximum atomic E-state index is 14.1. The molecule has 0 amide bonds. The smallest absolute Gasteiger partial charge is 0.310 e. The molecule has 5 nitrogen and oxygen atoms in total. The monoisotopic (exact) mass is 308 g/mol. The van der Waals surface area contributed by atoms with E-state index in [0.717, 1.165) is 17.3 Å². The Balaban J connectivity index is 1.74. The van der Waals surface area contributed by atoms with Gasteiger partial charge in [0.15, 0.2) is 5.16 Å². The molecule has 0 radical (unpaired) electrons. The number of aromatic amines is 1. The Hall–Kier alpha value is -1.60. The van der Waals surface area contributed by atoms with E-state index in [1.807, 2.05) is 13.0 Å². The molecule has 7 heteroatoms. The Morgan fingerprint density at radius 1 is 1.52 bits per heavy atom. The molecule has 1 aromatic carbocycles. The second kappa shape index (κ2) is 6.03. The van der Waals surface area contributed by atoms with Crippen LogP contribution in [-0.2, 0) is 13.1 Å². The third kappa shape index (κ3) is 3.36. The Bertz CT molecular complexity index is 693. The van der Waals surface area contributed by atoms with Crippen molar-refractivity contribution in [3.63, 3.8) is 0 Å². The van der Waals surface area contributed by atoms with Gasteiger partial charge in [-0.25, -0.2) is 14.3 Å². The predicted octanol–water partition coefficient (Wildman–Crippen LogP) is 2.13. The molecule has 112 valence electrons. The van der Waals surface area contributed by atoms with Gasteiger partial charge in [0.05, 0.1) is 4.90 Å². The van der Waals surface area contributed by atoms with Crippen LogP contribution in [0.3, 0.4) is 0 Å². The second-order valence-corrected chi connectivity index (χ2v) is 6.09. The topological polar surface area (TPSA) is 62.7 Å². The molecule has 0 bridgehead atoms. The van der Waals surface area contributed by atoms with Crippen LogP contribution < -0.4 is 11.0 Å². The zero-order chi connectivity index (χ0) is 14.8.